The van der Waals surface area contributed by atoms with Crippen LogP contribution in [0.3, 0.4) is 0 Å². The van der Waals surface area contributed by atoms with Gasteiger partial charge in [0.15, 0.2) is 0 Å². The zero-order valence-corrected chi connectivity index (χ0v) is 16.5. The van der Waals surface area contributed by atoms with Crippen molar-refractivity contribution in [1.29, 1.82) is 0 Å². The van der Waals surface area contributed by atoms with Crippen LogP contribution < -0.4 is 5.43 Å². The molecule has 0 saturated carbocycles. The molecule has 0 aliphatic heterocycles. The molecule has 1 aliphatic carbocycles. The van der Waals surface area contributed by atoms with Crippen molar-refractivity contribution in [3.8, 4) is 11.3 Å². The van der Waals surface area contributed by atoms with Gasteiger partial charge in [0.25, 0.3) is 5.91 Å². The summed E-state index contributed by atoms with van der Waals surface area (Å²) in [6.45, 7) is 0. The fourth-order valence-corrected chi connectivity index (χ4v) is 4.11. The quantitative estimate of drug-likeness (QED) is 0.366. The first kappa shape index (κ1) is 18.5. The zero-order chi connectivity index (χ0) is 20.7. The molecule has 0 spiro atoms. The number of rotatable bonds is 4. The molecule has 5 nitrogen and oxygen atoms in total. The average Bonchev–Trinajstić information content (AvgIpc) is 3.39. The van der Waals surface area contributed by atoms with E-state index >= 15 is 0 Å². The van der Waals surface area contributed by atoms with E-state index in [-0.39, 0.29) is 16.3 Å². The first-order valence-electron chi connectivity index (χ1n) is 9.48. The van der Waals surface area contributed by atoms with Gasteiger partial charge in [0.05, 0.1) is 16.9 Å². The molecule has 30 heavy (non-hydrogen) atoms. The maximum Gasteiger partial charge on any atom is 0.289 e. The number of hydrogen-bond donors (Lipinski definition) is 2. The van der Waals surface area contributed by atoms with Crippen molar-refractivity contribution in [2.24, 2.45) is 5.10 Å². The lowest BCUT2D eigenvalue weighted by molar-refractivity contribution is 0.0950. The molecule has 1 heterocycles. The molecule has 3 aromatic carbocycles. The number of aromatic amines is 1. The van der Waals surface area contributed by atoms with Crippen molar-refractivity contribution in [2.45, 2.75) is 12.8 Å². The molecule has 0 unspecified atom stereocenters. The predicted molar refractivity (Wildman–Crippen MR) is 115 cm³/mol. The molecule has 0 radical (unpaired) electrons. The number of amides is 1. The number of carbonyl (C=O) groups excluding carboxylic acids is 1. The Morgan fingerprint density at radius 2 is 1.93 bits per heavy atom. The monoisotopic (exact) mass is 418 g/mol. The highest BCUT2D eigenvalue weighted by Gasteiger charge is 2.18. The Kier molecular flexibility index (Phi) is 4.56. The lowest BCUT2D eigenvalue weighted by Crippen LogP contribution is -2.18. The number of H-pyrrole nitrogens is 1. The van der Waals surface area contributed by atoms with Crippen LogP contribution in [0, 0.1) is 5.82 Å². The lowest BCUT2D eigenvalue weighted by atomic mass is 9.98. The third-order valence-electron chi connectivity index (χ3n) is 5.33. The fraction of sp³-hybridized carbons (Fsp3) is 0.0870. The van der Waals surface area contributed by atoms with Gasteiger partial charge in [0.2, 0.25) is 0 Å². The van der Waals surface area contributed by atoms with E-state index in [9.17, 15) is 9.18 Å². The Balaban J connectivity index is 1.39. The van der Waals surface area contributed by atoms with E-state index in [1.807, 2.05) is 6.07 Å². The highest BCUT2D eigenvalue weighted by molar-refractivity contribution is 6.33. The number of aromatic nitrogens is 2. The first-order valence-corrected chi connectivity index (χ1v) is 9.86. The van der Waals surface area contributed by atoms with E-state index in [0.717, 1.165) is 23.8 Å². The van der Waals surface area contributed by atoms with Gasteiger partial charge in [-0.3, -0.25) is 9.89 Å². The Hall–Kier alpha value is -3.51. The third-order valence-corrected chi connectivity index (χ3v) is 5.66. The number of carbonyl (C=O) groups is 1. The van der Waals surface area contributed by atoms with Crippen molar-refractivity contribution in [1.82, 2.24) is 15.6 Å². The van der Waals surface area contributed by atoms with E-state index in [4.69, 9.17) is 11.6 Å². The zero-order valence-electron chi connectivity index (χ0n) is 15.7. The SMILES string of the molecule is O=C(N/N=C\c1c(F)cccc1Cl)c1cc(-c2ccc3c4c(cccc24)CC3)n[nH]1. The number of aryl methyl sites for hydroxylation is 2. The molecule has 7 heteroatoms. The van der Waals surface area contributed by atoms with Gasteiger partial charge in [-0.05, 0) is 52.9 Å². The second-order valence-electron chi connectivity index (χ2n) is 7.11. The molecular formula is C23H16ClFN4O. The van der Waals surface area contributed by atoms with Crippen LogP contribution in [0.2, 0.25) is 5.02 Å². The molecule has 2 N–H and O–H groups in total. The highest BCUT2D eigenvalue weighted by Crippen LogP contribution is 2.36. The summed E-state index contributed by atoms with van der Waals surface area (Å²) in [5.41, 5.74) is 7.07. The fourth-order valence-electron chi connectivity index (χ4n) is 3.90. The number of nitrogens with one attached hydrogen (secondary N) is 2. The number of hydrogen-bond acceptors (Lipinski definition) is 3. The lowest BCUT2D eigenvalue weighted by Gasteiger charge is -2.06. The first-order chi connectivity index (χ1) is 14.6. The van der Waals surface area contributed by atoms with Gasteiger partial charge < -0.3 is 0 Å². The minimum absolute atomic E-state index is 0.109. The van der Waals surface area contributed by atoms with Crippen LogP contribution in [-0.2, 0) is 12.8 Å². The third kappa shape index (κ3) is 3.15. The number of halogens is 2. The van der Waals surface area contributed by atoms with Gasteiger partial charge >= 0.3 is 0 Å². The van der Waals surface area contributed by atoms with Crippen molar-refractivity contribution in [3.63, 3.8) is 0 Å². The molecule has 148 valence electrons. The van der Waals surface area contributed by atoms with Crippen LogP contribution in [0.1, 0.15) is 27.2 Å². The van der Waals surface area contributed by atoms with Crippen LogP contribution in [0.4, 0.5) is 4.39 Å². The normalized spacial score (nSPS) is 12.7. The molecule has 1 aliphatic rings. The van der Waals surface area contributed by atoms with Crippen LogP contribution >= 0.6 is 11.6 Å². The number of hydrazone groups is 1. The number of benzene rings is 3. The van der Waals surface area contributed by atoms with Crippen LogP contribution in [0.25, 0.3) is 22.0 Å². The second-order valence-corrected chi connectivity index (χ2v) is 7.52. The summed E-state index contributed by atoms with van der Waals surface area (Å²) >= 11 is 5.95. The maximum atomic E-state index is 13.8. The topological polar surface area (TPSA) is 70.1 Å². The standard InChI is InChI=1S/C23H16ClFN4O/c24-18-5-2-6-19(25)17(18)12-26-29-23(30)21-11-20(27-28-21)15-10-9-14-8-7-13-3-1-4-16(15)22(13)14/h1-6,9-12H,7-8H2,(H,27,28)(H,29,30)/b26-12-. The van der Waals surface area contributed by atoms with E-state index in [2.05, 4.69) is 45.0 Å². The molecule has 0 bridgehead atoms. The Morgan fingerprint density at radius 3 is 2.77 bits per heavy atom. The van der Waals surface area contributed by atoms with Crippen LogP contribution in [-0.4, -0.2) is 22.3 Å². The summed E-state index contributed by atoms with van der Waals surface area (Å²) in [5, 5.41) is 13.5. The van der Waals surface area contributed by atoms with Gasteiger partial charge in [0, 0.05) is 11.1 Å². The van der Waals surface area contributed by atoms with Crippen molar-refractivity contribution >= 4 is 34.5 Å². The average molecular weight is 419 g/mol. The van der Waals surface area contributed by atoms with Gasteiger partial charge in [-0.25, -0.2) is 9.82 Å². The summed E-state index contributed by atoms with van der Waals surface area (Å²) in [5.74, 6) is -1.00. The summed E-state index contributed by atoms with van der Waals surface area (Å²) in [4.78, 5) is 12.4. The molecule has 1 aromatic heterocycles. The van der Waals surface area contributed by atoms with E-state index in [0.29, 0.717) is 5.69 Å². The predicted octanol–water partition coefficient (Wildman–Crippen LogP) is 4.88. The Morgan fingerprint density at radius 1 is 1.13 bits per heavy atom. The largest absolute Gasteiger partial charge is 0.289 e. The summed E-state index contributed by atoms with van der Waals surface area (Å²) in [7, 11) is 0. The summed E-state index contributed by atoms with van der Waals surface area (Å²) < 4.78 is 13.8. The van der Waals surface area contributed by atoms with Gasteiger partial charge in [-0.2, -0.15) is 10.2 Å². The van der Waals surface area contributed by atoms with Gasteiger partial charge in [-0.15, -0.1) is 0 Å². The van der Waals surface area contributed by atoms with Gasteiger partial charge in [-0.1, -0.05) is 48.0 Å². The van der Waals surface area contributed by atoms with Crippen molar-refractivity contribution in [2.75, 3.05) is 0 Å². The highest BCUT2D eigenvalue weighted by atomic mass is 35.5. The number of nitrogens with zero attached hydrogens (tertiary/aromatic N) is 2. The minimum atomic E-state index is -0.517. The summed E-state index contributed by atoms with van der Waals surface area (Å²) in [6, 6.07) is 16.5. The maximum absolute atomic E-state index is 13.8. The molecule has 4 aromatic rings. The van der Waals surface area contributed by atoms with E-state index in [1.165, 1.54) is 34.9 Å². The van der Waals surface area contributed by atoms with E-state index in [1.54, 1.807) is 12.1 Å². The van der Waals surface area contributed by atoms with Crippen LogP contribution in [0.15, 0.2) is 59.7 Å². The molecule has 0 fully saturated rings. The molecule has 0 saturated heterocycles. The summed E-state index contributed by atoms with van der Waals surface area (Å²) in [6.07, 6.45) is 3.28. The Labute approximate surface area is 176 Å². The molecule has 5 rings (SSSR count). The molecular weight excluding hydrogens is 403 g/mol. The van der Waals surface area contributed by atoms with Crippen molar-refractivity contribution < 1.29 is 9.18 Å². The minimum Gasteiger partial charge on any atom is -0.272 e. The van der Waals surface area contributed by atoms with E-state index < -0.39 is 11.7 Å². The van der Waals surface area contributed by atoms with Gasteiger partial charge in [0.1, 0.15) is 11.5 Å². The van der Waals surface area contributed by atoms with Crippen molar-refractivity contribution in [3.05, 3.63) is 87.8 Å². The Bertz CT molecular complexity index is 1300. The molecule has 0 atom stereocenters. The smallest absolute Gasteiger partial charge is 0.272 e. The second kappa shape index (κ2) is 7.39. The van der Waals surface area contributed by atoms with Crippen LogP contribution in [0.5, 0.6) is 0 Å². The molecule has 1 amide bonds.